The molecule has 0 saturated carbocycles. The lowest BCUT2D eigenvalue weighted by Gasteiger charge is -2.04. The quantitative estimate of drug-likeness (QED) is 0.812. The van der Waals surface area contributed by atoms with Crippen LogP contribution < -0.4 is 4.72 Å². The first kappa shape index (κ1) is 16.2. The van der Waals surface area contributed by atoms with Crippen LogP contribution in [-0.4, -0.2) is 24.4 Å². The van der Waals surface area contributed by atoms with Crippen molar-refractivity contribution in [2.24, 2.45) is 5.92 Å². The number of halogens is 1. The number of hydrogen-bond acceptors (Lipinski definition) is 6. The minimum Gasteiger partial charge on any atom is -0.253 e. The van der Waals surface area contributed by atoms with Gasteiger partial charge in [0.15, 0.2) is 4.34 Å². The number of rotatable bonds is 6. The highest BCUT2D eigenvalue weighted by Gasteiger charge is 2.17. The van der Waals surface area contributed by atoms with Crippen molar-refractivity contribution in [2.45, 2.75) is 23.1 Å². The Kier molecular flexibility index (Phi) is 5.17. The van der Waals surface area contributed by atoms with Gasteiger partial charge in [-0.1, -0.05) is 36.9 Å². The van der Waals surface area contributed by atoms with Crippen LogP contribution in [-0.2, 0) is 10.0 Å². The first-order valence-corrected chi connectivity index (χ1v) is 9.40. The fourth-order valence-corrected chi connectivity index (χ4v) is 4.29. The van der Waals surface area contributed by atoms with Crippen molar-refractivity contribution in [1.29, 1.82) is 0 Å². The van der Waals surface area contributed by atoms with Crippen molar-refractivity contribution >= 4 is 38.3 Å². The number of thioether (sulfide) groups is 1. The highest BCUT2D eigenvalue weighted by molar-refractivity contribution is 8.01. The van der Waals surface area contributed by atoms with E-state index in [0.29, 0.717) is 10.3 Å². The van der Waals surface area contributed by atoms with E-state index in [9.17, 15) is 12.8 Å². The Morgan fingerprint density at radius 1 is 1.29 bits per heavy atom. The van der Waals surface area contributed by atoms with E-state index in [1.54, 1.807) is 0 Å². The molecular weight excluding hydrogens is 333 g/mol. The molecule has 1 heterocycles. The number of sulfonamides is 1. The first-order chi connectivity index (χ1) is 9.87. The van der Waals surface area contributed by atoms with Crippen molar-refractivity contribution in [2.75, 3.05) is 10.5 Å². The third kappa shape index (κ3) is 4.65. The summed E-state index contributed by atoms with van der Waals surface area (Å²) in [5, 5.41) is 7.93. The molecule has 1 aromatic carbocycles. The summed E-state index contributed by atoms with van der Waals surface area (Å²) in [4.78, 5) is -0.0181. The van der Waals surface area contributed by atoms with Crippen LogP contribution in [0.25, 0.3) is 0 Å². The Bertz CT molecular complexity index is 699. The fourth-order valence-electron chi connectivity index (χ4n) is 1.33. The summed E-state index contributed by atoms with van der Waals surface area (Å²) < 4.78 is 40.0. The van der Waals surface area contributed by atoms with Gasteiger partial charge in [-0.3, -0.25) is 4.72 Å². The van der Waals surface area contributed by atoms with Crippen LogP contribution in [0.3, 0.4) is 0 Å². The van der Waals surface area contributed by atoms with Gasteiger partial charge in [0.1, 0.15) is 5.82 Å². The average Bonchev–Trinajstić information content (AvgIpc) is 2.84. The zero-order valence-electron chi connectivity index (χ0n) is 11.4. The molecule has 0 bridgehead atoms. The van der Waals surface area contributed by atoms with E-state index in [4.69, 9.17) is 0 Å². The number of anilines is 1. The van der Waals surface area contributed by atoms with Crippen LogP contribution in [0.5, 0.6) is 0 Å². The van der Waals surface area contributed by atoms with Crippen molar-refractivity contribution in [3.05, 3.63) is 30.1 Å². The van der Waals surface area contributed by atoms with Gasteiger partial charge in [0.2, 0.25) is 5.13 Å². The maximum absolute atomic E-state index is 12.8. The monoisotopic (exact) mass is 347 g/mol. The molecule has 21 heavy (non-hydrogen) atoms. The molecule has 0 amide bonds. The highest BCUT2D eigenvalue weighted by Crippen LogP contribution is 2.28. The van der Waals surface area contributed by atoms with Crippen molar-refractivity contribution in [1.82, 2.24) is 10.2 Å². The highest BCUT2D eigenvalue weighted by atomic mass is 32.2. The molecule has 0 radical (unpaired) electrons. The molecule has 5 nitrogen and oxygen atoms in total. The van der Waals surface area contributed by atoms with Gasteiger partial charge in [0, 0.05) is 5.75 Å². The molecule has 2 aromatic rings. The van der Waals surface area contributed by atoms with E-state index in [1.807, 2.05) is 0 Å². The van der Waals surface area contributed by atoms with Gasteiger partial charge in [0.05, 0.1) is 4.90 Å². The average molecular weight is 347 g/mol. The number of nitrogens with zero attached hydrogens (tertiary/aromatic N) is 2. The third-order valence-electron chi connectivity index (χ3n) is 2.29. The van der Waals surface area contributed by atoms with Gasteiger partial charge in [-0.15, -0.1) is 10.2 Å². The second-order valence-corrected chi connectivity index (χ2v) is 8.56. The van der Waals surface area contributed by atoms with Gasteiger partial charge >= 0.3 is 0 Å². The Labute approximate surface area is 131 Å². The largest absolute Gasteiger partial charge is 0.263 e. The van der Waals surface area contributed by atoms with Crippen molar-refractivity contribution < 1.29 is 12.8 Å². The predicted molar refractivity (Wildman–Crippen MR) is 82.7 cm³/mol. The molecule has 1 N–H and O–H groups in total. The van der Waals surface area contributed by atoms with Crippen LogP contribution >= 0.6 is 23.1 Å². The summed E-state index contributed by atoms with van der Waals surface area (Å²) in [5.41, 5.74) is 0. The normalized spacial score (nSPS) is 11.8. The molecule has 0 unspecified atom stereocenters. The minimum absolute atomic E-state index is 0.0181. The van der Waals surface area contributed by atoms with Crippen LogP contribution in [0, 0.1) is 11.7 Å². The predicted octanol–water partition coefficient (Wildman–Crippen LogP) is 3.23. The number of hydrogen-bond donors (Lipinski definition) is 1. The third-order valence-corrected chi connectivity index (χ3v) is 6.18. The molecule has 0 atom stereocenters. The van der Waals surface area contributed by atoms with Crippen LogP contribution in [0.2, 0.25) is 0 Å². The second kappa shape index (κ2) is 6.71. The van der Waals surface area contributed by atoms with Crippen molar-refractivity contribution in [3.8, 4) is 0 Å². The second-order valence-electron chi connectivity index (χ2n) is 4.64. The van der Waals surface area contributed by atoms with Gasteiger partial charge in [0.25, 0.3) is 10.0 Å². The van der Waals surface area contributed by atoms with E-state index in [1.165, 1.54) is 35.2 Å². The lowest BCUT2D eigenvalue weighted by molar-refractivity contribution is 0.599. The Morgan fingerprint density at radius 2 is 1.95 bits per heavy atom. The van der Waals surface area contributed by atoms with Crippen LogP contribution in [0.4, 0.5) is 9.52 Å². The zero-order valence-corrected chi connectivity index (χ0v) is 13.9. The summed E-state index contributed by atoms with van der Waals surface area (Å²) >= 11 is 2.71. The number of aromatic nitrogens is 2. The smallest absolute Gasteiger partial charge is 0.253 e. The molecule has 0 aliphatic carbocycles. The summed E-state index contributed by atoms with van der Waals surface area (Å²) in [6, 6.07) is 4.59. The Morgan fingerprint density at radius 3 is 2.57 bits per heavy atom. The van der Waals surface area contributed by atoms with Gasteiger partial charge in [-0.05, 0) is 30.2 Å². The zero-order chi connectivity index (χ0) is 15.5. The van der Waals surface area contributed by atoms with E-state index in [0.717, 1.165) is 17.9 Å². The van der Waals surface area contributed by atoms with Crippen LogP contribution in [0.1, 0.15) is 13.8 Å². The van der Waals surface area contributed by atoms with Crippen molar-refractivity contribution in [3.63, 3.8) is 0 Å². The lowest BCUT2D eigenvalue weighted by Crippen LogP contribution is -2.12. The molecule has 114 valence electrons. The minimum atomic E-state index is -3.77. The van der Waals surface area contributed by atoms with Gasteiger partial charge < -0.3 is 0 Å². The molecule has 2 rings (SSSR count). The molecule has 0 aliphatic rings. The van der Waals surface area contributed by atoms with E-state index in [-0.39, 0.29) is 10.0 Å². The van der Waals surface area contributed by atoms with E-state index >= 15 is 0 Å². The molecule has 1 aromatic heterocycles. The maximum atomic E-state index is 12.8. The maximum Gasteiger partial charge on any atom is 0.263 e. The van der Waals surface area contributed by atoms with Gasteiger partial charge in [-0.25, -0.2) is 12.8 Å². The molecule has 0 spiro atoms. The summed E-state index contributed by atoms with van der Waals surface area (Å²) in [6.07, 6.45) is 0. The van der Waals surface area contributed by atoms with Gasteiger partial charge in [-0.2, -0.15) is 0 Å². The molecule has 9 heteroatoms. The molecule has 0 saturated heterocycles. The Hall–Kier alpha value is -1.19. The first-order valence-electron chi connectivity index (χ1n) is 6.11. The molecule has 0 fully saturated rings. The van der Waals surface area contributed by atoms with E-state index < -0.39 is 15.8 Å². The summed E-state index contributed by atoms with van der Waals surface area (Å²) in [7, 11) is -3.77. The molecule has 0 aliphatic heterocycles. The Balaban J connectivity index is 2.08. The topological polar surface area (TPSA) is 72.0 Å². The lowest BCUT2D eigenvalue weighted by atomic mass is 10.3. The summed E-state index contributed by atoms with van der Waals surface area (Å²) in [5.74, 6) is 0.912. The SMILES string of the molecule is CC(C)CSc1nnc(NS(=O)(=O)c2ccc(F)cc2)s1. The van der Waals surface area contributed by atoms with Crippen LogP contribution in [0.15, 0.2) is 33.5 Å². The standard InChI is InChI=1S/C12H14FN3O2S3/c1-8(2)7-19-12-15-14-11(20-12)16-21(17,18)10-5-3-9(13)4-6-10/h3-6,8H,7H2,1-2H3,(H,14,16). The summed E-state index contributed by atoms with van der Waals surface area (Å²) in [6.45, 7) is 4.18. The fraction of sp³-hybridized carbons (Fsp3) is 0.333. The number of nitrogens with one attached hydrogen (secondary N) is 1. The number of benzene rings is 1. The molecular formula is C12H14FN3O2S3. The van der Waals surface area contributed by atoms with E-state index in [2.05, 4.69) is 28.8 Å².